The lowest BCUT2D eigenvalue weighted by molar-refractivity contribution is -0.123. The predicted octanol–water partition coefficient (Wildman–Crippen LogP) is 4.69. The highest BCUT2D eigenvalue weighted by atomic mass is 79.9. The number of amides is 1. The molecule has 2 saturated heterocycles. The zero-order valence-corrected chi connectivity index (χ0v) is 21.3. The van der Waals surface area contributed by atoms with Crippen LogP contribution in [0.1, 0.15) is 12.0 Å². The van der Waals surface area contributed by atoms with Gasteiger partial charge in [0.25, 0.3) is 5.91 Å². The first-order valence-electron chi connectivity index (χ1n) is 10.2. The van der Waals surface area contributed by atoms with Crippen LogP contribution in [0, 0.1) is 0 Å². The standard InChI is InChI=1S/C23H18BrN3O3S3/c24-17-8-6-15(7-9-17)21-16(13-26(25-21)18-4-2-1-3-5-18)12-20-22(28)27(23(31)32-20)19-10-11-33(29,30)14-19/h1-9,12-13,19H,10-11,14H2/b20-12+/t19-/m1/s1. The predicted molar refractivity (Wildman–Crippen MR) is 139 cm³/mol. The molecule has 168 valence electrons. The zero-order chi connectivity index (χ0) is 23.2. The lowest BCUT2D eigenvalue weighted by Crippen LogP contribution is -2.39. The monoisotopic (exact) mass is 559 g/mol. The smallest absolute Gasteiger partial charge is 0.266 e. The lowest BCUT2D eigenvalue weighted by Gasteiger charge is -2.20. The van der Waals surface area contributed by atoms with Crippen LogP contribution in [0.4, 0.5) is 0 Å². The van der Waals surface area contributed by atoms with E-state index < -0.39 is 15.9 Å². The Morgan fingerprint density at radius 3 is 2.52 bits per heavy atom. The van der Waals surface area contributed by atoms with Crippen molar-refractivity contribution in [3.8, 4) is 16.9 Å². The van der Waals surface area contributed by atoms with Crippen molar-refractivity contribution in [3.63, 3.8) is 0 Å². The number of hydrogen-bond acceptors (Lipinski definition) is 6. The molecule has 0 aliphatic carbocycles. The molecule has 1 amide bonds. The van der Waals surface area contributed by atoms with Crippen LogP contribution in [0.2, 0.25) is 0 Å². The van der Waals surface area contributed by atoms with Gasteiger partial charge in [0.2, 0.25) is 0 Å². The van der Waals surface area contributed by atoms with Gasteiger partial charge < -0.3 is 0 Å². The minimum atomic E-state index is -3.13. The molecule has 3 heterocycles. The van der Waals surface area contributed by atoms with E-state index in [2.05, 4.69) is 15.9 Å². The van der Waals surface area contributed by atoms with Gasteiger partial charge in [0, 0.05) is 21.8 Å². The second-order valence-corrected chi connectivity index (χ2v) is 12.6. The van der Waals surface area contributed by atoms with Gasteiger partial charge in [-0.1, -0.05) is 70.2 Å². The number of aromatic nitrogens is 2. The fraction of sp³-hybridized carbons (Fsp3) is 0.174. The van der Waals surface area contributed by atoms with Crippen molar-refractivity contribution in [3.05, 3.63) is 75.7 Å². The van der Waals surface area contributed by atoms with Crippen LogP contribution in [0.3, 0.4) is 0 Å². The summed E-state index contributed by atoms with van der Waals surface area (Å²) in [5, 5.41) is 4.79. The van der Waals surface area contributed by atoms with Gasteiger partial charge >= 0.3 is 0 Å². The molecule has 33 heavy (non-hydrogen) atoms. The Balaban J connectivity index is 1.54. The molecule has 0 radical (unpaired) electrons. The number of carbonyl (C=O) groups excluding carboxylic acids is 1. The summed E-state index contributed by atoms with van der Waals surface area (Å²) in [4.78, 5) is 15.1. The molecular weight excluding hydrogens is 542 g/mol. The van der Waals surface area contributed by atoms with Crippen LogP contribution in [0.15, 0.2) is 70.2 Å². The molecule has 0 bridgehead atoms. The maximum atomic E-state index is 13.2. The maximum Gasteiger partial charge on any atom is 0.266 e. The minimum Gasteiger partial charge on any atom is -0.289 e. The number of rotatable bonds is 4. The first-order valence-corrected chi connectivity index (χ1v) is 14.0. The summed E-state index contributed by atoms with van der Waals surface area (Å²) in [7, 11) is -3.13. The average molecular weight is 561 g/mol. The third-order valence-electron chi connectivity index (χ3n) is 5.56. The van der Waals surface area contributed by atoms with Crippen molar-refractivity contribution < 1.29 is 13.2 Å². The highest BCUT2D eigenvalue weighted by Gasteiger charge is 2.42. The Morgan fingerprint density at radius 2 is 1.85 bits per heavy atom. The molecule has 1 atom stereocenters. The number of sulfone groups is 1. The van der Waals surface area contributed by atoms with E-state index in [9.17, 15) is 13.2 Å². The normalized spacial score (nSPS) is 21.3. The number of thiocarbonyl (C=S) groups is 1. The van der Waals surface area contributed by atoms with Gasteiger partial charge in [-0.3, -0.25) is 9.69 Å². The van der Waals surface area contributed by atoms with Crippen molar-refractivity contribution in [2.24, 2.45) is 0 Å². The number of thioether (sulfide) groups is 1. The van der Waals surface area contributed by atoms with E-state index in [0.29, 0.717) is 15.6 Å². The van der Waals surface area contributed by atoms with Gasteiger partial charge in [-0.05, 0) is 36.8 Å². The third kappa shape index (κ3) is 4.57. The SMILES string of the molecule is O=C1/C(=C\c2cn(-c3ccccc3)nc2-c2ccc(Br)cc2)SC(=S)N1[C@@H]1CCS(=O)(=O)C1. The van der Waals surface area contributed by atoms with E-state index >= 15 is 0 Å². The van der Waals surface area contributed by atoms with Crippen LogP contribution in [-0.4, -0.2) is 50.9 Å². The van der Waals surface area contributed by atoms with Crippen LogP contribution in [0.25, 0.3) is 23.0 Å². The molecule has 2 aliphatic rings. The molecule has 2 fully saturated rings. The van der Waals surface area contributed by atoms with Gasteiger partial charge in [-0.25, -0.2) is 13.1 Å². The molecule has 10 heteroatoms. The first kappa shape index (κ1) is 22.5. The summed E-state index contributed by atoms with van der Waals surface area (Å²) in [6, 6.07) is 17.2. The second-order valence-electron chi connectivity index (χ2n) is 7.83. The average Bonchev–Trinajstić information content (AvgIpc) is 3.45. The summed E-state index contributed by atoms with van der Waals surface area (Å²) >= 11 is 10.1. The Morgan fingerprint density at radius 1 is 1.12 bits per heavy atom. The van der Waals surface area contributed by atoms with Gasteiger partial charge in [-0.2, -0.15) is 5.10 Å². The number of nitrogens with zero attached hydrogens (tertiary/aromatic N) is 3. The largest absolute Gasteiger partial charge is 0.289 e. The molecular formula is C23H18BrN3O3S3. The number of carbonyl (C=O) groups is 1. The molecule has 5 rings (SSSR count). The van der Waals surface area contributed by atoms with Crippen LogP contribution >= 0.6 is 39.9 Å². The maximum absolute atomic E-state index is 13.2. The van der Waals surface area contributed by atoms with Crippen molar-refractivity contribution >= 4 is 66.1 Å². The van der Waals surface area contributed by atoms with Crippen LogP contribution in [0.5, 0.6) is 0 Å². The minimum absolute atomic E-state index is 0.0389. The number of halogens is 1. The van der Waals surface area contributed by atoms with E-state index in [0.717, 1.165) is 27.0 Å². The van der Waals surface area contributed by atoms with Gasteiger partial charge in [0.05, 0.1) is 33.8 Å². The van der Waals surface area contributed by atoms with E-state index in [1.807, 2.05) is 60.8 Å². The molecule has 3 aromatic rings. The first-order chi connectivity index (χ1) is 15.8. The molecule has 0 saturated carbocycles. The van der Waals surface area contributed by atoms with Gasteiger partial charge in [-0.15, -0.1) is 0 Å². The Kier molecular flexibility index (Phi) is 6.02. The summed E-state index contributed by atoms with van der Waals surface area (Å²) in [5.41, 5.74) is 3.33. The highest BCUT2D eigenvalue weighted by molar-refractivity contribution is 9.10. The van der Waals surface area contributed by atoms with Crippen molar-refractivity contribution in [1.29, 1.82) is 0 Å². The molecule has 2 aliphatic heterocycles. The number of hydrogen-bond donors (Lipinski definition) is 0. The number of benzene rings is 2. The van der Waals surface area contributed by atoms with Gasteiger partial charge in [0.1, 0.15) is 4.32 Å². The van der Waals surface area contributed by atoms with Crippen LogP contribution < -0.4 is 0 Å². The quantitative estimate of drug-likeness (QED) is 0.341. The Hall–Kier alpha value is -2.27. The number of para-hydroxylation sites is 1. The van der Waals surface area contributed by atoms with Crippen molar-refractivity contribution in [2.45, 2.75) is 12.5 Å². The zero-order valence-electron chi connectivity index (χ0n) is 17.2. The summed E-state index contributed by atoms with van der Waals surface area (Å²) in [6.07, 6.45) is 4.10. The van der Waals surface area contributed by atoms with Gasteiger partial charge in [0.15, 0.2) is 9.84 Å². The van der Waals surface area contributed by atoms with E-state index in [1.165, 1.54) is 16.7 Å². The van der Waals surface area contributed by atoms with E-state index in [1.54, 1.807) is 10.8 Å². The fourth-order valence-electron chi connectivity index (χ4n) is 3.95. The molecule has 0 N–H and O–H groups in total. The van der Waals surface area contributed by atoms with Crippen molar-refractivity contribution in [2.75, 3.05) is 11.5 Å². The Bertz CT molecular complexity index is 1380. The van der Waals surface area contributed by atoms with E-state index in [4.69, 9.17) is 17.3 Å². The highest BCUT2D eigenvalue weighted by Crippen LogP contribution is 2.37. The molecule has 0 unspecified atom stereocenters. The Labute approximate surface area is 209 Å². The lowest BCUT2D eigenvalue weighted by atomic mass is 10.1. The van der Waals surface area contributed by atoms with E-state index in [-0.39, 0.29) is 17.4 Å². The summed E-state index contributed by atoms with van der Waals surface area (Å²) < 4.78 is 27.0. The topological polar surface area (TPSA) is 72.3 Å². The molecule has 1 aromatic heterocycles. The van der Waals surface area contributed by atoms with Crippen molar-refractivity contribution in [1.82, 2.24) is 14.7 Å². The summed E-state index contributed by atoms with van der Waals surface area (Å²) in [5.74, 6) is -0.199. The molecule has 2 aromatic carbocycles. The fourth-order valence-corrected chi connectivity index (χ4v) is 7.31. The molecule has 0 spiro atoms. The van der Waals surface area contributed by atoms with Crippen LogP contribution in [-0.2, 0) is 14.6 Å². The third-order valence-corrected chi connectivity index (χ3v) is 9.17. The second kappa shape index (κ2) is 8.83. The molecule has 6 nitrogen and oxygen atoms in total. The summed E-state index contributed by atoms with van der Waals surface area (Å²) in [6.45, 7) is 0.